The molecule has 3 rings (SSSR count). The van der Waals surface area contributed by atoms with Gasteiger partial charge in [0.05, 0.1) is 12.1 Å². The third kappa shape index (κ3) is 1.84. The van der Waals surface area contributed by atoms with Crippen molar-refractivity contribution in [2.75, 3.05) is 6.61 Å². The summed E-state index contributed by atoms with van der Waals surface area (Å²) in [6, 6.07) is 9.71. The fourth-order valence-corrected chi connectivity index (χ4v) is 2.13. The lowest BCUT2D eigenvalue weighted by atomic mass is 10.0. The monoisotopic (exact) mass is 243 g/mol. The van der Waals surface area contributed by atoms with E-state index in [2.05, 4.69) is 4.98 Å². The lowest BCUT2D eigenvalue weighted by molar-refractivity contribution is -0.144. The van der Waals surface area contributed by atoms with Gasteiger partial charge in [-0.05, 0) is 24.6 Å². The summed E-state index contributed by atoms with van der Waals surface area (Å²) in [6.07, 6.45) is 1.09. The number of epoxide rings is 1. The molecule has 0 N–H and O–H groups in total. The number of pyridine rings is 1. The van der Waals surface area contributed by atoms with Crippen LogP contribution < -0.4 is 0 Å². The average Bonchev–Trinajstić information content (AvgIpc) is 3.18. The summed E-state index contributed by atoms with van der Waals surface area (Å²) < 4.78 is 10.4. The fourth-order valence-electron chi connectivity index (χ4n) is 2.13. The minimum Gasteiger partial charge on any atom is -0.464 e. The van der Waals surface area contributed by atoms with Gasteiger partial charge >= 0.3 is 5.97 Å². The van der Waals surface area contributed by atoms with Gasteiger partial charge in [-0.2, -0.15) is 0 Å². The number of carbonyl (C=O) groups is 1. The standard InChI is InChI=1S/C14H13NO3/c1-2-17-14(16)13-12(18-13)10-5-3-7-11-9(10)6-4-8-15-11/h3-8,12-13H,2H2,1H3. The molecule has 2 heterocycles. The SMILES string of the molecule is CCOC(=O)C1OC1c1cccc2ncccc12. The zero-order valence-electron chi connectivity index (χ0n) is 10.00. The van der Waals surface area contributed by atoms with E-state index in [0.717, 1.165) is 16.5 Å². The highest BCUT2D eigenvalue weighted by atomic mass is 16.6. The number of carbonyl (C=O) groups excluding carboxylic acids is 1. The molecule has 1 aliphatic rings. The van der Waals surface area contributed by atoms with E-state index in [1.165, 1.54) is 0 Å². The molecule has 2 atom stereocenters. The molecule has 1 aliphatic heterocycles. The van der Waals surface area contributed by atoms with Gasteiger partial charge in [0.25, 0.3) is 0 Å². The molecule has 18 heavy (non-hydrogen) atoms. The number of nitrogens with zero attached hydrogens (tertiary/aromatic N) is 1. The number of hydrogen-bond acceptors (Lipinski definition) is 4. The summed E-state index contributed by atoms with van der Waals surface area (Å²) in [5.41, 5.74) is 1.91. The molecule has 0 radical (unpaired) electrons. The van der Waals surface area contributed by atoms with Crippen molar-refractivity contribution in [3.63, 3.8) is 0 Å². The summed E-state index contributed by atoms with van der Waals surface area (Å²) in [5, 5.41) is 1.02. The van der Waals surface area contributed by atoms with Crippen LogP contribution >= 0.6 is 0 Å². The third-order valence-electron chi connectivity index (χ3n) is 3.00. The van der Waals surface area contributed by atoms with Crippen LogP contribution in [0.25, 0.3) is 10.9 Å². The van der Waals surface area contributed by atoms with E-state index in [9.17, 15) is 4.79 Å². The van der Waals surface area contributed by atoms with Gasteiger partial charge in [-0.3, -0.25) is 4.98 Å². The Kier molecular flexibility index (Phi) is 2.72. The molecule has 1 aromatic carbocycles. The third-order valence-corrected chi connectivity index (χ3v) is 3.00. The maximum absolute atomic E-state index is 11.6. The van der Waals surface area contributed by atoms with Crippen molar-refractivity contribution in [3.8, 4) is 0 Å². The molecule has 2 unspecified atom stereocenters. The number of fused-ring (bicyclic) bond motifs is 1. The van der Waals surface area contributed by atoms with E-state index in [4.69, 9.17) is 9.47 Å². The first-order valence-electron chi connectivity index (χ1n) is 5.97. The molecule has 4 heteroatoms. The highest BCUT2D eigenvalue weighted by Crippen LogP contribution is 2.42. The van der Waals surface area contributed by atoms with Gasteiger partial charge in [0.1, 0.15) is 6.10 Å². The van der Waals surface area contributed by atoms with Crippen LogP contribution in [0, 0.1) is 0 Å². The molecule has 2 aromatic rings. The molecule has 1 aromatic heterocycles. The molecule has 1 saturated heterocycles. The van der Waals surface area contributed by atoms with Crippen molar-refractivity contribution in [1.82, 2.24) is 4.98 Å². The van der Waals surface area contributed by atoms with Crippen molar-refractivity contribution in [2.45, 2.75) is 19.1 Å². The second-order valence-corrected chi connectivity index (χ2v) is 4.15. The highest BCUT2D eigenvalue weighted by molar-refractivity contribution is 5.85. The van der Waals surface area contributed by atoms with Crippen molar-refractivity contribution in [2.24, 2.45) is 0 Å². The molecule has 0 amide bonds. The molecule has 0 saturated carbocycles. The number of ether oxygens (including phenoxy) is 2. The largest absolute Gasteiger partial charge is 0.464 e. The molecule has 0 bridgehead atoms. The molecular formula is C14H13NO3. The normalized spacial score (nSPS) is 21.8. The lowest BCUT2D eigenvalue weighted by Crippen LogP contribution is -2.11. The number of aromatic nitrogens is 1. The van der Waals surface area contributed by atoms with E-state index >= 15 is 0 Å². The van der Waals surface area contributed by atoms with Gasteiger partial charge in [0.15, 0.2) is 6.10 Å². The van der Waals surface area contributed by atoms with E-state index in [1.807, 2.05) is 30.3 Å². The summed E-state index contributed by atoms with van der Waals surface area (Å²) in [4.78, 5) is 15.8. The van der Waals surface area contributed by atoms with Gasteiger partial charge in [-0.1, -0.05) is 18.2 Å². The van der Waals surface area contributed by atoms with E-state index in [1.54, 1.807) is 13.1 Å². The van der Waals surface area contributed by atoms with E-state index in [0.29, 0.717) is 6.61 Å². The first-order valence-corrected chi connectivity index (χ1v) is 5.97. The number of hydrogen-bond donors (Lipinski definition) is 0. The molecule has 1 fully saturated rings. The first-order chi connectivity index (χ1) is 8.81. The summed E-state index contributed by atoms with van der Waals surface area (Å²) in [5.74, 6) is -0.289. The van der Waals surface area contributed by atoms with E-state index < -0.39 is 6.10 Å². The summed E-state index contributed by atoms with van der Waals surface area (Å²) in [7, 11) is 0. The predicted octanol–water partition coefficient (Wildman–Crippen LogP) is 2.24. The number of esters is 1. The van der Waals surface area contributed by atoms with Crippen LogP contribution in [-0.2, 0) is 14.3 Å². The smallest absolute Gasteiger partial charge is 0.338 e. The molecule has 0 aliphatic carbocycles. The Morgan fingerprint density at radius 1 is 1.39 bits per heavy atom. The zero-order chi connectivity index (χ0) is 12.5. The summed E-state index contributed by atoms with van der Waals surface area (Å²) >= 11 is 0. The van der Waals surface area contributed by atoms with Gasteiger partial charge in [0.2, 0.25) is 0 Å². The Balaban J connectivity index is 1.91. The van der Waals surface area contributed by atoms with Crippen molar-refractivity contribution >= 4 is 16.9 Å². The Labute approximate surface area is 105 Å². The van der Waals surface area contributed by atoms with Crippen molar-refractivity contribution in [1.29, 1.82) is 0 Å². The topological polar surface area (TPSA) is 51.7 Å². The second kappa shape index (κ2) is 4.38. The fraction of sp³-hybridized carbons (Fsp3) is 0.286. The maximum Gasteiger partial charge on any atom is 0.338 e. The van der Waals surface area contributed by atoms with Crippen LogP contribution in [0.2, 0.25) is 0 Å². The van der Waals surface area contributed by atoms with Crippen LogP contribution in [0.15, 0.2) is 36.5 Å². The van der Waals surface area contributed by atoms with Crippen LogP contribution in [0.3, 0.4) is 0 Å². The lowest BCUT2D eigenvalue weighted by Gasteiger charge is -2.02. The Morgan fingerprint density at radius 2 is 2.28 bits per heavy atom. The minimum absolute atomic E-state index is 0.197. The van der Waals surface area contributed by atoms with Crippen LogP contribution in [0.5, 0.6) is 0 Å². The molecule has 0 spiro atoms. The first kappa shape index (κ1) is 11.2. The van der Waals surface area contributed by atoms with Gasteiger partial charge in [-0.15, -0.1) is 0 Å². The van der Waals surface area contributed by atoms with Crippen molar-refractivity contribution in [3.05, 3.63) is 42.1 Å². The Morgan fingerprint density at radius 3 is 3.11 bits per heavy atom. The van der Waals surface area contributed by atoms with Crippen LogP contribution in [-0.4, -0.2) is 23.7 Å². The van der Waals surface area contributed by atoms with Crippen LogP contribution in [0.4, 0.5) is 0 Å². The average molecular weight is 243 g/mol. The number of rotatable bonds is 3. The van der Waals surface area contributed by atoms with Crippen LogP contribution in [0.1, 0.15) is 18.6 Å². The van der Waals surface area contributed by atoms with Gasteiger partial charge in [0, 0.05) is 11.6 Å². The minimum atomic E-state index is -0.462. The van der Waals surface area contributed by atoms with Gasteiger partial charge in [-0.25, -0.2) is 4.79 Å². The zero-order valence-corrected chi connectivity index (χ0v) is 10.00. The molecule has 4 nitrogen and oxygen atoms in total. The summed E-state index contributed by atoms with van der Waals surface area (Å²) in [6.45, 7) is 2.17. The Hall–Kier alpha value is -1.94. The molecule has 92 valence electrons. The second-order valence-electron chi connectivity index (χ2n) is 4.15. The van der Waals surface area contributed by atoms with Gasteiger partial charge < -0.3 is 9.47 Å². The maximum atomic E-state index is 11.6. The van der Waals surface area contributed by atoms with E-state index in [-0.39, 0.29) is 12.1 Å². The highest BCUT2D eigenvalue weighted by Gasteiger charge is 2.47. The molecular weight excluding hydrogens is 230 g/mol. The quantitative estimate of drug-likeness (QED) is 0.612. The number of benzene rings is 1. The van der Waals surface area contributed by atoms with Crippen molar-refractivity contribution < 1.29 is 14.3 Å². The Bertz CT molecular complexity index is 591. The predicted molar refractivity (Wildman–Crippen MR) is 66.0 cm³/mol.